The predicted octanol–water partition coefficient (Wildman–Crippen LogP) is 2.14. The van der Waals surface area contributed by atoms with Gasteiger partial charge in [-0.25, -0.2) is 9.59 Å². The molecule has 0 saturated heterocycles. The first-order valence-corrected chi connectivity index (χ1v) is 7.91. The molecule has 0 heterocycles. The number of hydrogen-bond acceptors (Lipinski definition) is 3. The summed E-state index contributed by atoms with van der Waals surface area (Å²) in [7, 11) is 0. The quantitative estimate of drug-likeness (QED) is 0.599. The number of rotatable bonds is 8. The summed E-state index contributed by atoms with van der Waals surface area (Å²) >= 11 is 0. The van der Waals surface area contributed by atoms with Crippen LogP contribution in [0.4, 0.5) is 4.79 Å². The molecule has 0 bridgehead atoms. The Morgan fingerprint density at radius 2 is 1.95 bits per heavy atom. The predicted molar refractivity (Wildman–Crippen MR) is 80.3 cm³/mol. The molecule has 1 aliphatic rings. The van der Waals surface area contributed by atoms with Gasteiger partial charge in [-0.3, -0.25) is 0 Å². The third kappa shape index (κ3) is 5.53. The molecule has 1 fully saturated rings. The van der Waals surface area contributed by atoms with Crippen LogP contribution in [0.15, 0.2) is 0 Å². The Hall–Kier alpha value is -1.30. The monoisotopic (exact) mass is 300 g/mol. The van der Waals surface area contributed by atoms with Gasteiger partial charge in [-0.1, -0.05) is 13.3 Å². The van der Waals surface area contributed by atoms with Crippen LogP contribution in [-0.4, -0.2) is 42.4 Å². The Labute approximate surface area is 126 Å². The maximum atomic E-state index is 11.9. The number of aliphatic carboxylic acids is 1. The van der Waals surface area contributed by atoms with Gasteiger partial charge in [0, 0.05) is 19.8 Å². The van der Waals surface area contributed by atoms with Gasteiger partial charge in [0.15, 0.2) is 0 Å². The second-order valence-electron chi connectivity index (χ2n) is 5.67. The summed E-state index contributed by atoms with van der Waals surface area (Å²) in [6, 6.07) is -0.399. The zero-order valence-corrected chi connectivity index (χ0v) is 13.1. The molecule has 0 aromatic carbocycles. The first-order valence-electron chi connectivity index (χ1n) is 7.91. The molecule has 2 amide bonds. The van der Waals surface area contributed by atoms with Crippen molar-refractivity contribution in [1.82, 2.24) is 10.6 Å². The van der Waals surface area contributed by atoms with E-state index in [9.17, 15) is 14.7 Å². The van der Waals surface area contributed by atoms with Crippen molar-refractivity contribution in [3.63, 3.8) is 0 Å². The lowest BCUT2D eigenvalue weighted by atomic mass is 9.75. The summed E-state index contributed by atoms with van der Waals surface area (Å²) in [6.07, 6.45) is 4.51. The van der Waals surface area contributed by atoms with Crippen LogP contribution < -0.4 is 10.6 Å². The van der Waals surface area contributed by atoms with Crippen molar-refractivity contribution in [2.75, 3.05) is 19.8 Å². The van der Waals surface area contributed by atoms with Crippen molar-refractivity contribution < 1.29 is 19.4 Å². The van der Waals surface area contributed by atoms with Gasteiger partial charge in [-0.05, 0) is 44.9 Å². The second-order valence-corrected chi connectivity index (χ2v) is 5.67. The zero-order chi connectivity index (χ0) is 15.7. The maximum Gasteiger partial charge on any atom is 0.329 e. The molecule has 0 spiro atoms. The lowest BCUT2D eigenvalue weighted by Gasteiger charge is -2.37. The fourth-order valence-electron chi connectivity index (χ4n) is 2.75. The number of carbonyl (C=O) groups is 2. The molecule has 122 valence electrons. The van der Waals surface area contributed by atoms with Crippen LogP contribution in [-0.2, 0) is 9.53 Å². The topological polar surface area (TPSA) is 87.7 Å². The number of nitrogens with one attached hydrogen (secondary N) is 2. The van der Waals surface area contributed by atoms with E-state index in [2.05, 4.69) is 17.6 Å². The fourth-order valence-corrected chi connectivity index (χ4v) is 2.75. The number of carboxylic acids is 1. The number of urea groups is 1. The van der Waals surface area contributed by atoms with Crippen LogP contribution in [0.2, 0.25) is 0 Å². The standard InChI is InChI=1S/C15H28N2O4/c1-3-12-6-8-15(9-7-12,13(18)19)17-14(20)16-10-5-11-21-4-2/h12H,3-11H2,1-2H3,(H,18,19)(H2,16,17,20). The van der Waals surface area contributed by atoms with E-state index in [1.807, 2.05) is 6.92 Å². The fraction of sp³-hybridized carbons (Fsp3) is 0.867. The van der Waals surface area contributed by atoms with Crippen LogP contribution in [0.5, 0.6) is 0 Å². The first kappa shape index (κ1) is 17.8. The molecule has 21 heavy (non-hydrogen) atoms. The Balaban J connectivity index is 2.40. The lowest BCUT2D eigenvalue weighted by molar-refractivity contribution is -0.146. The molecule has 6 heteroatoms. The molecule has 6 nitrogen and oxygen atoms in total. The van der Waals surface area contributed by atoms with E-state index in [4.69, 9.17) is 4.74 Å². The third-order valence-corrected chi connectivity index (χ3v) is 4.25. The summed E-state index contributed by atoms with van der Waals surface area (Å²) in [5, 5.41) is 14.9. The Bertz CT molecular complexity index is 339. The highest BCUT2D eigenvalue weighted by Crippen LogP contribution is 2.33. The van der Waals surface area contributed by atoms with Gasteiger partial charge in [0.2, 0.25) is 0 Å². The highest BCUT2D eigenvalue weighted by molar-refractivity contribution is 5.86. The minimum Gasteiger partial charge on any atom is -0.480 e. The lowest BCUT2D eigenvalue weighted by Crippen LogP contribution is -2.58. The molecular formula is C15H28N2O4. The molecule has 0 aliphatic heterocycles. The van der Waals surface area contributed by atoms with Gasteiger partial charge in [-0.15, -0.1) is 0 Å². The largest absolute Gasteiger partial charge is 0.480 e. The van der Waals surface area contributed by atoms with Crippen LogP contribution in [0, 0.1) is 5.92 Å². The average Bonchev–Trinajstić information content (AvgIpc) is 2.47. The number of carboxylic acid groups (broad SMARTS) is 1. The van der Waals surface area contributed by atoms with Gasteiger partial charge in [0.25, 0.3) is 0 Å². The Morgan fingerprint density at radius 3 is 2.48 bits per heavy atom. The molecule has 0 aromatic heterocycles. The van der Waals surface area contributed by atoms with Crippen molar-refractivity contribution in [1.29, 1.82) is 0 Å². The molecule has 3 N–H and O–H groups in total. The van der Waals surface area contributed by atoms with E-state index in [0.29, 0.717) is 38.5 Å². The van der Waals surface area contributed by atoms with Crippen LogP contribution in [0.1, 0.15) is 52.4 Å². The maximum absolute atomic E-state index is 11.9. The van der Waals surface area contributed by atoms with Gasteiger partial charge in [0.1, 0.15) is 5.54 Å². The summed E-state index contributed by atoms with van der Waals surface area (Å²) in [5.41, 5.74) is -1.10. The summed E-state index contributed by atoms with van der Waals surface area (Å²) in [4.78, 5) is 23.4. The molecule has 0 aromatic rings. The smallest absolute Gasteiger partial charge is 0.329 e. The van der Waals surface area contributed by atoms with E-state index in [1.54, 1.807) is 0 Å². The molecule has 0 unspecified atom stereocenters. The highest BCUT2D eigenvalue weighted by Gasteiger charge is 2.42. The van der Waals surface area contributed by atoms with E-state index in [-0.39, 0.29) is 0 Å². The zero-order valence-electron chi connectivity index (χ0n) is 13.1. The first-order chi connectivity index (χ1) is 10.0. The normalized spacial score (nSPS) is 25.3. The van der Waals surface area contributed by atoms with Crippen molar-refractivity contribution >= 4 is 12.0 Å². The van der Waals surface area contributed by atoms with Gasteiger partial charge < -0.3 is 20.5 Å². The summed E-state index contributed by atoms with van der Waals surface area (Å²) in [6.45, 7) is 5.78. The minimum absolute atomic E-state index is 0.399. The molecule has 0 atom stereocenters. The number of hydrogen-bond donors (Lipinski definition) is 3. The van der Waals surface area contributed by atoms with Crippen LogP contribution in [0.25, 0.3) is 0 Å². The van der Waals surface area contributed by atoms with Gasteiger partial charge in [-0.2, -0.15) is 0 Å². The molecule has 1 saturated carbocycles. The number of amides is 2. The summed E-state index contributed by atoms with van der Waals surface area (Å²) < 4.78 is 5.18. The SMILES string of the molecule is CCOCCCNC(=O)NC1(C(=O)O)CCC(CC)CC1. The number of carbonyl (C=O) groups excluding carboxylic acids is 1. The van der Waals surface area contributed by atoms with Crippen LogP contribution in [0.3, 0.4) is 0 Å². The molecule has 1 rings (SSSR count). The molecule has 1 aliphatic carbocycles. The van der Waals surface area contributed by atoms with E-state index in [0.717, 1.165) is 25.7 Å². The van der Waals surface area contributed by atoms with Crippen LogP contribution >= 0.6 is 0 Å². The van der Waals surface area contributed by atoms with Crippen molar-refractivity contribution in [2.24, 2.45) is 5.92 Å². The van der Waals surface area contributed by atoms with Gasteiger partial charge >= 0.3 is 12.0 Å². The Kier molecular flexibility index (Phi) is 7.50. The van der Waals surface area contributed by atoms with Gasteiger partial charge in [0.05, 0.1) is 0 Å². The Morgan fingerprint density at radius 1 is 1.29 bits per heavy atom. The van der Waals surface area contributed by atoms with Crippen molar-refractivity contribution in [3.8, 4) is 0 Å². The highest BCUT2D eigenvalue weighted by atomic mass is 16.5. The van der Waals surface area contributed by atoms with Crippen molar-refractivity contribution in [2.45, 2.75) is 57.9 Å². The second kappa shape index (κ2) is 8.87. The van der Waals surface area contributed by atoms with E-state index in [1.165, 1.54) is 0 Å². The average molecular weight is 300 g/mol. The molecule has 0 radical (unpaired) electrons. The van der Waals surface area contributed by atoms with Crippen molar-refractivity contribution in [3.05, 3.63) is 0 Å². The number of ether oxygens (including phenoxy) is 1. The van der Waals surface area contributed by atoms with E-state index < -0.39 is 17.5 Å². The van der Waals surface area contributed by atoms with E-state index >= 15 is 0 Å². The third-order valence-electron chi connectivity index (χ3n) is 4.25. The minimum atomic E-state index is -1.10. The summed E-state index contributed by atoms with van der Waals surface area (Å²) in [5.74, 6) is -0.352. The molecular weight excluding hydrogens is 272 g/mol.